The summed E-state index contributed by atoms with van der Waals surface area (Å²) in [6, 6.07) is 3.05. The van der Waals surface area contributed by atoms with Gasteiger partial charge >= 0.3 is 0 Å². The molecule has 7 nitrogen and oxygen atoms in total. The van der Waals surface area contributed by atoms with Crippen LogP contribution in [0, 0.1) is 5.92 Å². The second-order valence-electron chi connectivity index (χ2n) is 5.85. The Balaban J connectivity index is 2.39. The van der Waals surface area contributed by atoms with Crippen molar-refractivity contribution in [2.24, 2.45) is 11.7 Å². The summed E-state index contributed by atoms with van der Waals surface area (Å²) in [5.41, 5.74) is 5.95. The lowest BCUT2D eigenvalue weighted by atomic mass is 10.0. The van der Waals surface area contributed by atoms with Crippen molar-refractivity contribution in [2.45, 2.75) is 37.6 Å². The molecule has 1 unspecified atom stereocenters. The Morgan fingerprint density at radius 2 is 2.13 bits per heavy atom. The standard InChI is InChI=1S/C15H26N4O3S/c1-12(2)14(16)7-10-19(3)15(20)6-9-18-23(21,22)13-5-4-8-17-11-13/h4-5,8,11-12,14,18H,6-7,9-10,16H2,1-3H3. The SMILES string of the molecule is CC(C)C(N)CCN(C)C(=O)CCNS(=O)(=O)c1cccnc1. The predicted molar refractivity (Wildman–Crippen MR) is 89.1 cm³/mol. The van der Waals surface area contributed by atoms with E-state index in [0.717, 1.165) is 6.42 Å². The molecule has 8 heteroatoms. The molecule has 1 amide bonds. The molecule has 0 aliphatic rings. The fraction of sp³-hybridized carbons (Fsp3) is 0.600. The lowest BCUT2D eigenvalue weighted by Crippen LogP contribution is -2.36. The number of carbonyl (C=O) groups is 1. The second-order valence-corrected chi connectivity index (χ2v) is 7.62. The fourth-order valence-corrected chi connectivity index (χ4v) is 2.87. The minimum atomic E-state index is -3.62. The summed E-state index contributed by atoms with van der Waals surface area (Å²) in [4.78, 5) is 17.4. The average Bonchev–Trinajstić information content (AvgIpc) is 2.52. The van der Waals surface area contributed by atoms with Crippen LogP contribution in [0.3, 0.4) is 0 Å². The molecule has 130 valence electrons. The number of sulfonamides is 1. The van der Waals surface area contributed by atoms with Gasteiger partial charge in [0.15, 0.2) is 0 Å². The Labute approximate surface area is 138 Å². The van der Waals surface area contributed by atoms with Gasteiger partial charge in [-0.3, -0.25) is 9.78 Å². The van der Waals surface area contributed by atoms with Crippen LogP contribution in [0.4, 0.5) is 0 Å². The summed E-state index contributed by atoms with van der Waals surface area (Å²) < 4.78 is 26.4. The van der Waals surface area contributed by atoms with Gasteiger partial charge in [0, 0.05) is 45.0 Å². The van der Waals surface area contributed by atoms with Crippen molar-refractivity contribution in [3.8, 4) is 0 Å². The van der Waals surface area contributed by atoms with Crippen LogP contribution >= 0.6 is 0 Å². The van der Waals surface area contributed by atoms with E-state index >= 15 is 0 Å². The van der Waals surface area contributed by atoms with E-state index in [1.165, 1.54) is 18.5 Å². The van der Waals surface area contributed by atoms with Crippen LogP contribution in [0.5, 0.6) is 0 Å². The maximum Gasteiger partial charge on any atom is 0.242 e. The van der Waals surface area contributed by atoms with Gasteiger partial charge < -0.3 is 10.6 Å². The van der Waals surface area contributed by atoms with E-state index in [4.69, 9.17) is 5.73 Å². The summed E-state index contributed by atoms with van der Waals surface area (Å²) >= 11 is 0. The van der Waals surface area contributed by atoms with Crippen molar-refractivity contribution < 1.29 is 13.2 Å². The number of pyridine rings is 1. The molecule has 0 bridgehead atoms. The van der Waals surface area contributed by atoms with Crippen molar-refractivity contribution in [3.05, 3.63) is 24.5 Å². The molecule has 0 saturated heterocycles. The number of nitrogens with one attached hydrogen (secondary N) is 1. The van der Waals surface area contributed by atoms with Crippen molar-refractivity contribution >= 4 is 15.9 Å². The molecule has 0 aliphatic carbocycles. The molecule has 0 spiro atoms. The molecular formula is C15H26N4O3S. The summed E-state index contributed by atoms with van der Waals surface area (Å²) in [7, 11) is -1.92. The maximum atomic E-state index is 12.0. The smallest absolute Gasteiger partial charge is 0.242 e. The van der Waals surface area contributed by atoms with Crippen LogP contribution in [0.15, 0.2) is 29.4 Å². The van der Waals surface area contributed by atoms with E-state index in [0.29, 0.717) is 12.5 Å². The quantitative estimate of drug-likeness (QED) is 0.683. The molecule has 0 aromatic carbocycles. The van der Waals surface area contributed by atoms with Gasteiger partial charge in [-0.15, -0.1) is 0 Å². The van der Waals surface area contributed by atoms with Gasteiger partial charge in [-0.2, -0.15) is 0 Å². The summed E-state index contributed by atoms with van der Waals surface area (Å²) in [5, 5.41) is 0. The third kappa shape index (κ3) is 6.64. The van der Waals surface area contributed by atoms with E-state index < -0.39 is 10.0 Å². The van der Waals surface area contributed by atoms with Crippen molar-refractivity contribution in [2.75, 3.05) is 20.1 Å². The van der Waals surface area contributed by atoms with E-state index in [9.17, 15) is 13.2 Å². The zero-order valence-electron chi connectivity index (χ0n) is 13.9. The lowest BCUT2D eigenvalue weighted by molar-refractivity contribution is -0.129. The van der Waals surface area contributed by atoms with Crippen LogP contribution in [-0.4, -0.2) is 50.4 Å². The molecule has 1 aromatic rings. The Morgan fingerprint density at radius 1 is 1.43 bits per heavy atom. The molecule has 0 radical (unpaired) electrons. The number of hydrogen-bond acceptors (Lipinski definition) is 5. The number of hydrogen-bond donors (Lipinski definition) is 2. The van der Waals surface area contributed by atoms with Crippen LogP contribution in [0.1, 0.15) is 26.7 Å². The van der Waals surface area contributed by atoms with E-state index in [1.54, 1.807) is 18.0 Å². The minimum absolute atomic E-state index is 0.0503. The third-order valence-corrected chi connectivity index (χ3v) is 5.10. The molecule has 1 aromatic heterocycles. The minimum Gasteiger partial charge on any atom is -0.346 e. The van der Waals surface area contributed by atoms with Gasteiger partial charge in [0.05, 0.1) is 0 Å². The molecular weight excluding hydrogens is 316 g/mol. The van der Waals surface area contributed by atoms with Gasteiger partial charge in [-0.05, 0) is 24.5 Å². The number of carbonyl (C=O) groups excluding carboxylic acids is 1. The summed E-state index contributed by atoms with van der Waals surface area (Å²) in [6.45, 7) is 4.70. The van der Waals surface area contributed by atoms with Crippen LogP contribution in [0.2, 0.25) is 0 Å². The first-order valence-corrected chi connectivity index (χ1v) is 9.11. The number of amides is 1. The Kier molecular flexibility index (Phi) is 7.60. The molecule has 1 rings (SSSR count). The lowest BCUT2D eigenvalue weighted by Gasteiger charge is -2.21. The summed E-state index contributed by atoms with van der Waals surface area (Å²) in [6.07, 6.45) is 3.59. The highest BCUT2D eigenvalue weighted by Gasteiger charge is 2.16. The Morgan fingerprint density at radius 3 is 2.70 bits per heavy atom. The zero-order valence-corrected chi connectivity index (χ0v) is 14.7. The maximum absolute atomic E-state index is 12.0. The number of nitrogens with zero attached hydrogens (tertiary/aromatic N) is 2. The van der Waals surface area contributed by atoms with E-state index in [2.05, 4.69) is 9.71 Å². The third-order valence-electron chi connectivity index (χ3n) is 3.66. The normalized spacial score (nSPS) is 13.1. The summed E-state index contributed by atoms with van der Waals surface area (Å²) in [5.74, 6) is 0.250. The van der Waals surface area contributed by atoms with Gasteiger partial charge in [0.1, 0.15) is 4.90 Å². The first-order chi connectivity index (χ1) is 10.7. The van der Waals surface area contributed by atoms with Crippen molar-refractivity contribution in [1.82, 2.24) is 14.6 Å². The fourth-order valence-electron chi connectivity index (χ4n) is 1.87. The Hall–Kier alpha value is -1.51. The first kappa shape index (κ1) is 19.5. The molecule has 0 saturated carbocycles. The van der Waals surface area contributed by atoms with Crippen molar-refractivity contribution in [3.63, 3.8) is 0 Å². The average molecular weight is 342 g/mol. The first-order valence-electron chi connectivity index (χ1n) is 7.63. The molecule has 0 aliphatic heterocycles. The second kappa shape index (κ2) is 8.95. The van der Waals surface area contributed by atoms with Gasteiger partial charge in [0.2, 0.25) is 15.9 Å². The van der Waals surface area contributed by atoms with E-state index in [1.807, 2.05) is 13.8 Å². The molecule has 23 heavy (non-hydrogen) atoms. The largest absolute Gasteiger partial charge is 0.346 e. The molecule has 1 atom stereocenters. The van der Waals surface area contributed by atoms with Crippen LogP contribution < -0.4 is 10.5 Å². The van der Waals surface area contributed by atoms with Gasteiger partial charge in [-0.25, -0.2) is 13.1 Å². The van der Waals surface area contributed by atoms with Gasteiger partial charge in [0.25, 0.3) is 0 Å². The zero-order chi connectivity index (χ0) is 17.5. The molecule has 1 heterocycles. The van der Waals surface area contributed by atoms with E-state index in [-0.39, 0.29) is 29.8 Å². The molecule has 3 N–H and O–H groups in total. The van der Waals surface area contributed by atoms with Crippen LogP contribution in [-0.2, 0) is 14.8 Å². The topological polar surface area (TPSA) is 105 Å². The molecule has 0 fully saturated rings. The van der Waals surface area contributed by atoms with Crippen LogP contribution in [0.25, 0.3) is 0 Å². The number of aromatic nitrogens is 1. The predicted octanol–water partition coefficient (Wildman–Crippen LogP) is 0.582. The number of rotatable bonds is 9. The van der Waals surface area contributed by atoms with Gasteiger partial charge in [-0.1, -0.05) is 13.8 Å². The number of nitrogens with two attached hydrogens (primary N) is 1. The monoisotopic (exact) mass is 342 g/mol. The Bertz CT molecular complexity index is 590. The highest BCUT2D eigenvalue weighted by Crippen LogP contribution is 2.06. The highest BCUT2D eigenvalue weighted by molar-refractivity contribution is 7.89. The highest BCUT2D eigenvalue weighted by atomic mass is 32.2. The van der Waals surface area contributed by atoms with Crippen molar-refractivity contribution in [1.29, 1.82) is 0 Å².